The first-order valence-electron chi connectivity index (χ1n) is 7.30. The molecule has 0 spiro atoms. The van der Waals surface area contributed by atoms with Gasteiger partial charge in [0.2, 0.25) is 5.91 Å². The van der Waals surface area contributed by atoms with Crippen molar-refractivity contribution in [2.24, 2.45) is 0 Å². The summed E-state index contributed by atoms with van der Waals surface area (Å²) in [7, 11) is 0. The Hall–Kier alpha value is -1.79. The number of aliphatic hydroxyl groups is 1. The van der Waals surface area contributed by atoms with Crippen molar-refractivity contribution in [1.29, 1.82) is 0 Å². The largest absolute Gasteiger partial charge is 0.486 e. The maximum absolute atomic E-state index is 11.8. The van der Waals surface area contributed by atoms with Gasteiger partial charge < -0.3 is 25.2 Å². The molecule has 0 aromatic heterocycles. The minimum atomic E-state index is -0.0890. The van der Waals surface area contributed by atoms with Gasteiger partial charge in [0.05, 0.1) is 6.54 Å². The molecule has 21 heavy (non-hydrogen) atoms. The highest BCUT2D eigenvalue weighted by Crippen LogP contribution is 2.32. The molecule has 0 bridgehead atoms. The number of ether oxygens (including phenoxy) is 2. The molecule has 1 aromatic carbocycles. The summed E-state index contributed by atoms with van der Waals surface area (Å²) in [5, 5.41) is 14.5. The van der Waals surface area contributed by atoms with Gasteiger partial charge in [-0.15, -0.1) is 0 Å². The van der Waals surface area contributed by atoms with Crippen LogP contribution in [-0.4, -0.2) is 43.9 Å². The molecule has 6 heteroatoms. The number of amides is 1. The average molecular weight is 294 g/mol. The summed E-state index contributed by atoms with van der Waals surface area (Å²) in [6.45, 7) is 2.35. The van der Waals surface area contributed by atoms with Crippen molar-refractivity contribution in [1.82, 2.24) is 5.32 Å². The Morgan fingerprint density at radius 1 is 1.14 bits per heavy atom. The number of benzene rings is 1. The van der Waals surface area contributed by atoms with Crippen LogP contribution in [0.15, 0.2) is 18.2 Å². The highest BCUT2D eigenvalue weighted by molar-refractivity contribution is 5.92. The van der Waals surface area contributed by atoms with Crippen molar-refractivity contribution >= 4 is 11.6 Å². The Bertz CT molecular complexity index is 465. The summed E-state index contributed by atoms with van der Waals surface area (Å²) in [5.74, 6) is 1.28. The van der Waals surface area contributed by atoms with E-state index in [4.69, 9.17) is 14.6 Å². The minimum absolute atomic E-state index is 0.0890. The predicted molar refractivity (Wildman–Crippen MR) is 79.9 cm³/mol. The average Bonchev–Trinajstić information content (AvgIpc) is 2.50. The normalized spacial score (nSPS) is 13.0. The van der Waals surface area contributed by atoms with Gasteiger partial charge in [0.15, 0.2) is 11.5 Å². The van der Waals surface area contributed by atoms with E-state index in [0.29, 0.717) is 30.4 Å². The van der Waals surface area contributed by atoms with Crippen LogP contribution in [0.5, 0.6) is 11.5 Å². The van der Waals surface area contributed by atoms with Gasteiger partial charge in [0, 0.05) is 18.4 Å². The highest BCUT2D eigenvalue weighted by Gasteiger charge is 2.12. The van der Waals surface area contributed by atoms with Crippen molar-refractivity contribution < 1.29 is 19.4 Å². The smallest absolute Gasteiger partial charge is 0.238 e. The van der Waals surface area contributed by atoms with Gasteiger partial charge in [-0.2, -0.15) is 0 Å². The molecule has 3 N–H and O–H groups in total. The first kappa shape index (κ1) is 15.6. The number of hydrogen-bond acceptors (Lipinski definition) is 5. The molecule has 1 aliphatic rings. The molecule has 0 saturated carbocycles. The number of rotatable bonds is 8. The fourth-order valence-electron chi connectivity index (χ4n) is 2.07. The lowest BCUT2D eigenvalue weighted by atomic mass is 10.2. The number of hydrogen-bond donors (Lipinski definition) is 3. The monoisotopic (exact) mass is 294 g/mol. The summed E-state index contributed by atoms with van der Waals surface area (Å²) >= 11 is 0. The summed E-state index contributed by atoms with van der Waals surface area (Å²) < 4.78 is 10.9. The molecule has 1 aliphatic heterocycles. The van der Waals surface area contributed by atoms with Gasteiger partial charge >= 0.3 is 0 Å². The number of aliphatic hydroxyl groups excluding tert-OH is 1. The van der Waals surface area contributed by atoms with Gasteiger partial charge in [0.25, 0.3) is 0 Å². The molecule has 1 aromatic rings. The van der Waals surface area contributed by atoms with E-state index in [1.165, 1.54) is 0 Å². The molecule has 0 unspecified atom stereocenters. The Morgan fingerprint density at radius 3 is 2.76 bits per heavy atom. The van der Waals surface area contributed by atoms with Crippen molar-refractivity contribution in [3.8, 4) is 11.5 Å². The van der Waals surface area contributed by atoms with E-state index < -0.39 is 0 Å². The second-order valence-corrected chi connectivity index (χ2v) is 4.87. The van der Waals surface area contributed by atoms with Gasteiger partial charge in [-0.25, -0.2) is 0 Å². The number of fused-ring (bicyclic) bond motifs is 1. The summed E-state index contributed by atoms with van der Waals surface area (Å²) in [6.07, 6.45) is 2.73. The molecule has 0 aliphatic carbocycles. The van der Waals surface area contributed by atoms with Crippen LogP contribution in [0.2, 0.25) is 0 Å². The fraction of sp³-hybridized carbons (Fsp3) is 0.533. The predicted octanol–water partition coefficient (Wildman–Crippen LogP) is 1.15. The summed E-state index contributed by atoms with van der Waals surface area (Å²) in [5.41, 5.74) is 0.700. The SMILES string of the molecule is O=C(CNCCCCCO)Nc1ccc2c(c1)OCCO2. The van der Waals surface area contributed by atoms with Crippen LogP contribution in [0.4, 0.5) is 5.69 Å². The Kier molecular flexibility index (Phi) is 6.30. The Balaban J connectivity index is 1.70. The second-order valence-electron chi connectivity index (χ2n) is 4.87. The zero-order chi connectivity index (χ0) is 14.9. The van der Waals surface area contributed by atoms with Gasteiger partial charge in [-0.3, -0.25) is 4.79 Å². The molecule has 1 amide bonds. The maximum atomic E-state index is 11.8. The number of carbonyl (C=O) groups excluding carboxylic acids is 1. The van der Waals surface area contributed by atoms with E-state index in [0.717, 1.165) is 25.8 Å². The van der Waals surface area contributed by atoms with Crippen LogP contribution < -0.4 is 20.1 Å². The van der Waals surface area contributed by atoms with Crippen molar-refractivity contribution in [2.45, 2.75) is 19.3 Å². The van der Waals surface area contributed by atoms with E-state index in [-0.39, 0.29) is 19.1 Å². The molecular weight excluding hydrogens is 272 g/mol. The lowest BCUT2D eigenvalue weighted by Gasteiger charge is -2.19. The first-order chi connectivity index (χ1) is 10.3. The fourth-order valence-corrected chi connectivity index (χ4v) is 2.07. The lowest BCUT2D eigenvalue weighted by molar-refractivity contribution is -0.115. The molecule has 6 nitrogen and oxygen atoms in total. The second kappa shape index (κ2) is 8.49. The maximum Gasteiger partial charge on any atom is 0.238 e. The Labute approximate surface area is 124 Å². The molecule has 0 saturated heterocycles. The first-order valence-corrected chi connectivity index (χ1v) is 7.30. The lowest BCUT2D eigenvalue weighted by Crippen LogP contribution is -2.28. The quantitative estimate of drug-likeness (QED) is 0.627. The van der Waals surface area contributed by atoms with E-state index >= 15 is 0 Å². The van der Waals surface area contributed by atoms with Crippen LogP contribution in [0.3, 0.4) is 0 Å². The standard InChI is InChI=1S/C15H22N2O4/c18-7-3-1-2-6-16-11-15(19)17-12-4-5-13-14(10-12)21-9-8-20-13/h4-5,10,16,18H,1-3,6-9,11H2,(H,17,19). The molecular formula is C15H22N2O4. The van der Waals surface area contributed by atoms with E-state index in [1.54, 1.807) is 18.2 Å². The summed E-state index contributed by atoms with van der Waals surface area (Å²) in [6, 6.07) is 5.37. The van der Waals surface area contributed by atoms with Crippen LogP contribution in [0.1, 0.15) is 19.3 Å². The third-order valence-corrected chi connectivity index (χ3v) is 3.12. The molecule has 116 valence electrons. The van der Waals surface area contributed by atoms with Gasteiger partial charge in [-0.05, 0) is 37.9 Å². The van der Waals surface area contributed by atoms with E-state index in [9.17, 15) is 4.79 Å². The molecule has 0 atom stereocenters. The zero-order valence-corrected chi connectivity index (χ0v) is 12.1. The zero-order valence-electron chi connectivity index (χ0n) is 12.1. The number of unbranched alkanes of at least 4 members (excludes halogenated alkanes) is 2. The van der Waals surface area contributed by atoms with E-state index in [1.807, 2.05) is 0 Å². The van der Waals surface area contributed by atoms with Crippen LogP contribution in [-0.2, 0) is 4.79 Å². The topological polar surface area (TPSA) is 79.8 Å². The summed E-state index contributed by atoms with van der Waals surface area (Å²) in [4.78, 5) is 11.8. The third-order valence-electron chi connectivity index (χ3n) is 3.12. The number of carbonyl (C=O) groups is 1. The number of anilines is 1. The third kappa shape index (κ3) is 5.24. The van der Waals surface area contributed by atoms with E-state index in [2.05, 4.69) is 10.6 Å². The van der Waals surface area contributed by atoms with Crippen molar-refractivity contribution in [3.63, 3.8) is 0 Å². The van der Waals surface area contributed by atoms with Crippen LogP contribution in [0, 0.1) is 0 Å². The minimum Gasteiger partial charge on any atom is -0.486 e. The van der Waals surface area contributed by atoms with Crippen molar-refractivity contribution in [2.75, 3.05) is 38.2 Å². The highest BCUT2D eigenvalue weighted by atomic mass is 16.6. The van der Waals surface area contributed by atoms with Crippen LogP contribution >= 0.6 is 0 Å². The Morgan fingerprint density at radius 2 is 1.95 bits per heavy atom. The van der Waals surface area contributed by atoms with Gasteiger partial charge in [0.1, 0.15) is 13.2 Å². The molecule has 0 radical (unpaired) electrons. The molecule has 0 fully saturated rings. The van der Waals surface area contributed by atoms with Crippen molar-refractivity contribution in [3.05, 3.63) is 18.2 Å². The van der Waals surface area contributed by atoms with Gasteiger partial charge in [-0.1, -0.05) is 0 Å². The molecule has 2 rings (SSSR count). The molecule has 1 heterocycles. The van der Waals surface area contributed by atoms with Crippen LogP contribution in [0.25, 0.3) is 0 Å². The number of nitrogens with one attached hydrogen (secondary N) is 2.